The van der Waals surface area contributed by atoms with E-state index in [9.17, 15) is 18.0 Å². The number of anilines is 1. The Bertz CT molecular complexity index is 642. The largest absolute Gasteiger partial charge is 0.481 e. The molecule has 0 saturated heterocycles. The molecule has 2 N–H and O–H groups in total. The molecule has 0 aromatic heterocycles. The first-order chi connectivity index (χ1) is 10.3. The van der Waals surface area contributed by atoms with Crippen molar-refractivity contribution in [3.8, 4) is 0 Å². The summed E-state index contributed by atoms with van der Waals surface area (Å²) in [5.74, 6) is -1.47. The average molecular weight is 328 g/mol. The van der Waals surface area contributed by atoms with Crippen LogP contribution in [-0.2, 0) is 14.8 Å². The number of nitrogens with zero attached hydrogens (tertiary/aromatic N) is 1. The molecule has 0 bridgehead atoms. The highest BCUT2D eigenvalue weighted by Gasteiger charge is 2.19. The number of benzene rings is 1. The van der Waals surface area contributed by atoms with Crippen LogP contribution in [0.1, 0.15) is 30.1 Å². The number of carbonyl (C=O) groups excluding carboxylic acids is 1. The van der Waals surface area contributed by atoms with Crippen LogP contribution in [0, 0.1) is 0 Å². The smallest absolute Gasteiger partial charge is 0.305 e. The van der Waals surface area contributed by atoms with Crippen molar-refractivity contribution in [3.63, 3.8) is 0 Å². The molecule has 0 fully saturated rings. The van der Waals surface area contributed by atoms with Gasteiger partial charge in [0.2, 0.25) is 10.0 Å². The highest BCUT2D eigenvalue weighted by molar-refractivity contribution is 7.92. The molecule has 1 aromatic carbocycles. The lowest BCUT2D eigenvalue weighted by Gasteiger charge is -2.18. The van der Waals surface area contributed by atoms with Gasteiger partial charge in [0, 0.05) is 13.6 Å². The lowest BCUT2D eigenvalue weighted by molar-refractivity contribution is -0.137. The number of nitrogens with one attached hydrogen (secondary N) is 1. The van der Waals surface area contributed by atoms with E-state index in [1.54, 1.807) is 19.1 Å². The second-order valence-electron chi connectivity index (χ2n) is 4.84. The van der Waals surface area contributed by atoms with Gasteiger partial charge in [-0.25, -0.2) is 8.42 Å². The van der Waals surface area contributed by atoms with Crippen LogP contribution in [0.3, 0.4) is 0 Å². The molecule has 0 atom stereocenters. The Morgan fingerprint density at radius 2 is 1.91 bits per heavy atom. The lowest BCUT2D eigenvalue weighted by atomic mass is 10.1. The number of para-hydroxylation sites is 1. The first-order valence-corrected chi connectivity index (χ1v) is 8.49. The molecule has 0 radical (unpaired) electrons. The van der Waals surface area contributed by atoms with Crippen molar-refractivity contribution in [1.29, 1.82) is 0 Å². The number of sulfonamides is 1. The number of hydrogen-bond donors (Lipinski definition) is 2. The number of rotatable bonds is 8. The Morgan fingerprint density at radius 3 is 2.50 bits per heavy atom. The number of hydrogen-bond acceptors (Lipinski definition) is 4. The monoisotopic (exact) mass is 328 g/mol. The summed E-state index contributed by atoms with van der Waals surface area (Å²) >= 11 is 0. The fourth-order valence-electron chi connectivity index (χ4n) is 1.82. The van der Waals surface area contributed by atoms with Crippen molar-refractivity contribution in [2.24, 2.45) is 0 Å². The van der Waals surface area contributed by atoms with Crippen molar-refractivity contribution in [3.05, 3.63) is 29.8 Å². The standard InChI is InChI=1S/C14H20N2O5S/c1-3-10-22(20,21)15-12-7-5-4-6-11(12)14(19)16(2)9-8-13(17)18/h4-7,15H,3,8-10H2,1-2H3,(H,17,18). The van der Waals surface area contributed by atoms with Crippen molar-refractivity contribution < 1.29 is 23.1 Å². The third-order valence-electron chi connectivity index (χ3n) is 2.90. The maximum absolute atomic E-state index is 12.3. The second kappa shape index (κ2) is 7.79. The molecule has 0 unspecified atom stereocenters. The SMILES string of the molecule is CCCS(=O)(=O)Nc1ccccc1C(=O)N(C)CCC(=O)O. The van der Waals surface area contributed by atoms with E-state index in [1.807, 2.05) is 0 Å². The molecule has 0 spiro atoms. The van der Waals surface area contributed by atoms with Gasteiger partial charge < -0.3 is 10.0 Å². The van der Waals surface area contributed by atoms with Gasteiger partial charge in [-0.15, -0.1) is 0 Å². The molecule has 122 valence electrons. The molecule has 22 heavy (non-hydrogen) atoms. The molecule has 0 saturated carbocycles. The molecule has 1 amide bonds. The Kier molecular flexibility index (Phi) is 6.36. The summed E-state index contributed by atoms with van der Waals surface area (Å²) in [6, 6.07) is 6.25. The normalized spacial score (nSPS) is 11.0. The Hall–Kier alpha value is -2.09. The van der Waals surface area contributed by atoms with Crippen LogP contribution < -0.4 is 4.72 Å². The van der Waals surface area contributed by atoms with Crippen LogP contribution in [0.15, 0.2) is 24.3 Å². The molecule has 0 heterocycles. The number of carboxylic acid groups (broad SMARTS) is 1. The lowest BCUT2D eigenvalue weighted by Crippen LogP contribution is -2.30. The van der Waals surface area contributed by atoms with Gasteiger partial charge in [-0.05, 0) is 18.6 Å². The van der Waals surface area contributed by atoms with Crippen molar-refractivity contribution >= 4 is 27.6 Å². The molecule has 0 aliphatic heterocycles. The van der Waals surface area contributed by atoms with Gasteiger partial charge in [-0.3, -0.25) is 14.3 Å². The van der Waals surface area contributed by atoms with Crippen molar-refractivity contribution in [2.45, 2.75) is 19.8 Å². The van der Waals surface area contributed by atoms with Gasteiger partial charge in [-0.2, -0.15) is 0 Å². The first kappa shape index (κ1) is 18.0. The molecule has 1 rings (SSSR count). The fourth-order valence-corrected chi connectivity index (χ4v) is 2.97. The average Bonchev–Trinajstić information content (AvgIpc) is 2.44. The van der Waals surface area contributed by atoms with Gasteiger partial charge in [0.1, 0.15) is 0 Å². The van der Waals surface area contributed by atoms with E-state index in [1.165, 1.54) is 24.1 Å². The highest BCUT2D eigenvalue weighted by Crippen LogP contribution is 2.18. The minimum Gasteiger partial charge on any atom is -0.481 e. The van der Waals surface area contributed by atoms with E-state index in [4.69, 9.17) is 5.11 Å². The zero-order valence-corrected chi connectivity index (χ0v) is 13.4. The second-order valence-corrected chi connectivity index (χ2v) is 6.68. The van der Waals surface area contributed by atoms with Crippen LogP contribution in [0.25, 0.3) is 0 Å². The number of carbonyl (C=O) groups is 2. The van der Waals surface area contributed by atoms with Gasteiger partial charge in [0.25, 0.3) is 5.91 Å². The number of aliphatic carboxylic acids is 1. The molecular weight excluding hydrogens is 308 g/mol. The van der Waals surface area contributed by atoms with E-state index >= 15 is 0 Å². The number of amides is 1. The molecule has 0 aliphatic rings. The number of carboxylic acids is 1. The third kappa shape index (κ3) is 5.36. The molecule has 8 heteroatoms. The van der Waals surface area contributed by atoms with Gasteiger partial charge in [0.15, 0.2) is 0 Å². The van der Waals surface area contributed by atoms with E-state index in [-0.39, 0.29) is 30.0 Å². The predicted molar refractivity (Wildman–Crippen MR) is 83.4 cm³/mol. The fraction of sp³-hybridized carbons (Fsp3) is 0.429. The summed E-state index contributed by atoms with van der Waals surface area (Å²) in [7, 11) is -2.03. The van der Waals surface area contributed by atoms with Gasteiger partial charge in [0.05, 0.1) is 23.4 Å². The van der Waals surface area contributed by atoms with Crippen LogP contribution in [0.4, 0.5) is 5.69 Å². The first-order valence-electron chi connectivity index (χ1n) is 6.83. The van der Waals surface area contributed by atoms with Gasteiger partial charge in [-0.1, -0.05) is 19.1 Å². The van der Waals surface area contributed by atoms with Crippen molar-refractivity contribution in [2.75, 3.05) is 24.1 Å². The topological polar surface area (TPSA) is 104 Å². The van der Waals surface area contributed by atoms with E-state index in [0.29, 0.717) is 6.42 Å². The summed E-state index contributed by atoms with van der Waals surface area (Å²) in [5, 5.41) is 8.65. The van der Waals surface area contributed by atoms with E-state index < -0.39 is 21.9 Å². The molecule has 1 aromatic rings. The van der Waals surface area contributed by atoms with Crippen LogP contribution >= 0.6 is 0 Å². The Labute approximate surface area is 130 Å². The van der Waals surface area contributed by atoms with E-state index in [2.05, 4.69) is 4.72 Å². The minimum absolute atomic E-state index is 0.0373. The molecular formula is C14H20N2O5S. The molecule has 7 nitrogen and oxygen atoms in total. The zero-order chi connectivity index (χ0) is 16.8. The van der Waals surface area contributed by atoms with Crippen LogP contribution in [0.2, 0.25) is 0 Å². The van der Waals surface area contributed by atoms with Crippen LogP contribution in [0.5, 0.6) is 0 Å². The van der Waals surface area contributed by atoms with Crippen LogP contribution in [-0.4, -0.2) is 49.6 Å². The summed E-state index contributed by atoms with van der Waals surface area (Å²) in [6.07, 6.45) is 0.288. The molecule has 0 aliphatic carbocycles. The maximum atomic E-state index is 12.3. The minimum atomic E-state index is -3.51. The summed E-state index contributed by atoms with van der Waals surface area (Å²) in [4.78, 5) is 24.1. The summed E-state index contributed by atoms with van der Waals surface area (Å²) < 4.78 is 26.1. The highest BCUT2D eigenvalue weighted by atomic mass is 32.2. The Balaban J connectivity index is 2.96. The quantitative estimate of drug-likeness (QED) is 0.750. The predicted octanol–water partition coefficient (Wildman–Crippen LogP) is 1.39. The van der Waals surface area contributed by atoms with Crippen molar-refractivity contribution in [1.82, 2.24) is 4.90 Å². The van der Waals surface area contributed by atoms with Gasteiger partial charge >= 0.3 is 5.97 Å². The third-order valence-corrected chi connectivity index (χ3v) is 4.38. The maximum Gasteiger partial charge on any atom is 0.305 e. The zero-order valence-electron chi connectivity index (χ0n) is 12.6. The van der Waals surface area contributed by atoms with E-state index in [0.717, 1.165) is 0 Å². The Morgan fingerprint density at radius 1 is 1.27 bits per heavy atom. The summed E-state index contributed by atoms with van der Waals surface area (Å²) in [6.45, 7) is 1.79. The summed E-state index contributed by atoms with van der Waals surface area (Å²) in [5.41, 5.74) is 0.387.